The molecule has 10 atom stereocenters. The topological polar surface area (TPSA) is 269 Å². The first-order chi connectivity index (χ1) is 29.6. The second kappa shape index (κ2) is 32.4. The number of hydrogen-bond acceptors (Lipinski definition) is 14. The first-order valence-electron chi connectivity index (χ1n) is 23.4. The molecule has 364 valence electrons. The van der Waals surface area contributed by atoms with Crippen LogP contribution in [-0.4, -0.2) is 115 Å². The first-order valence-corrected chi connectivity index (χ1v) is 26.4. The van der Waals surface area contributed by atoms with E-state index in [0.29, 0.717) is 25.0 Å². The average molecular weight is 931 g/mol. The van der Waals surface area contributed by atoms with Crippen molar-refractivity contribution in [3.05, 3.63) is 12.2 Å². The van der Waals surface area contributed by atoms with E-state index in [9.17, 15) is 44.0 Å². The molecule has 62 heavy (non-hydrogen) atoms. The number of ether oxygens (including phenoxy) is 3. The van der Waals surface area contributed by atoms with Crippen molar-refractivity contribution in [3.63, 3.8) is 0 Å². The molecule has 2 aliphatic rings. The van der Waals surface area contributed by atoms with Gasteiger partial charge in [-0.3, -0.25) is 23.2 Å². The minimum Gasteiger partial charge on any atom is -0.462 e. The molecule has 1 aliphatic heterocycles. The van der Waals surface area contributed by atoms with Gasteiger partial charge in [0.1, 0.15) is 43.2 Å². The highest BCUT2D eigenvalue weighted by Crippen LogP contribution is 2.49. The summed E-state index contributed by atoms with van der Waals surface area (Å²) in [7, 11) is -10.7. The molecular formula is C43H80O17P2. The lowest BCUT2D eigenvalue weighted by Gasteiger charge is -2.43. The Kier molecular flexibility index (Phi) is 29.7. The van der Waals surface area contributed by atoms with Crippen molar-refractivity contribution >= 4 is 27.6 Å². The summed E-state index contributed by atoms with van der Waals surface area (Å²) in [4.78, 5) is 54.3. The Morgan fingerprint density at radius 1 is 0.581 bits per heavy atom. The molecule has 7 N–H and O–H groups in total. The minimum absolute atomic E-state index is 0.0245. The summed E-state index contributed by atoms with van der Waals surface area (Å²) >= 11 is 0. The standard InChI is InChI=1S/C43H80O17P2/c1-3-5-7-9-11-12-13-14-15-16-17-21-25-29-36(44)55-31-33(32-56-62(53,54)60-43-40(48)38(46)39(47)42(41(43)49)59-61(50,51)52)57-37(45)30-26-22-18-20-24-28-35-34(58-35)27-23-19-10-8-6-4-2/h19,23,33-35,38-43,46-49H,3-18,20-22,24-32H2,1-2H3,(H,53,54)(H2,50,51,52)/b23-19-/t33-,34?,35?,38?,39?,40?,41?,42-,43+/m1/s1. The number of aliphatic hydroxyl groups excluding tert-OH is 4. The van der Waals surface area contributed by atoms with Gasteiger partial charge in [-0.15, -0.1) is 0 Å². The molecule has 0 amide bonds. The third-order valence-corrected chi connectivity index (χ3v) is 12.8. The van der Waals surface area contributed by atoms with Crippen LogP contribution < -0.4 is 0 Å². The van der Waals surface area contributed by atoms with E-state index in [4.69, 9.17) is 33.0 Å². The van der Waals surface area contributed by atoms with Crippen molar-refractivity contribution in [1.82, 2.24) is 0 Å². The molecular weight excluding hydrogens is 850 g/mol. The normalized spacial score (nSPS) is 25.4. The number of esters is 2. The number of allylic oxidation sites excluding steroid dienone is 1. The fourth-order valence-electron chi connectivity index (χ4n) is 7.50. The van der Waals surface area contributed by atoms with E-state index in [1.54, 1.807) is 0 Å². The average Bonchev–Trinajstić information content (AvgIpc) is 3.98. The lowest BCUT2D eigenvalue weighted by atomic mass is 9.85. The number of epoxide rings is 1. The predicted octanol–water partition coefficient (Wildman–Crippen LogP) is 7.38. The van der Waals surface area contributed by atoms with Crippen LogP contribution in [0.25, 0.3) is 0 Å². The summed E-state index contributed by atoms with van der Waals surface area (Å²) in [6.07, 6.45) is 16.2. The number of aliphatic hydroxyl groups is 4. The number of hydrogen-bond donors (Lipinski definition) is 7. The summed E-state index contributed by atoms with van der Waals surface area (Å²) in [6, 6.07) is 0. The van der Waals surface area contributed by atoms with Crippen molar-refractivity contribution in [2.24, 2.45) is 0 Å². The summed E-state index contributed by atoms with van der Waals surface area (Å²) in [5.41, 5.74) is 0. The molecule has 17 nitrogen and oxygen atoms in total. The molecule has 0 spiro atoms. The van der Waals surface area contributed by atoms with Gasteiger partial charge in [0.25, 0.3) is 0 Å². The van der Waals surface area contributed by atoms with E-state index in [1.165, 1.54) is 70.6 Å². The number of carbonyl (C=O) groups is 2. The lowest BCUT2D eigenvalue weighted by Crippen LogP contribution is -2.64. The zero-order valence-corrected chi connectivity index (χ0v) is 39.0. The van der Waals surface area contributed by atoms with Gasteiger partial charge in [0, 0.05) is 12.8 Å². The van der Waals surface area contributed by atoms with Gasteiger partial charge in [-0.05, 0) is 38.5 Å². The fraction of sp³-hybridized carbons (Fsp3) is 0.907. The fourth-order valence-corrected chi connectivity index (χ4v) is 9.04. The van der Waals surface area contributed by atoms with Crippen LogP contribution in [0.5, 0.6) is 0 Å². The molecule has 7 unspecified atom stereocenters. The monoisotopic (exact) mass is 930 g/mol. The van der Waals surface area contributed by atoms with Gasteiger partial charge in [0.05, 0.1) is 18.8 Å². The Bertz CT molecular complexity index is 1330. The molecule has 0 aromatic rings. The molecule has 0 aromatic carbocycles. The van der Waals surface area contributed by atoms with Gasteiger partial charge in [-0.1, -0.05) is 142 Å². The van der Waals surface area contributed by atoms with E-state index >= 15 is 0 Å². The summed E-state index contributed by atoms with van der Waals surface area (Å²) in [5.74, 6) is -1.22. The largest absolute Gasteiger partial charge is 0.472 e. The maximum absolute atomic E-state index is 13.0. The molecule has 1 saturated carbocycles. The third-order valence-electron chi connectivity index (χ3n) is 11.3. The number of rotatable bonds is 38. The van der Waals surface area contributed by atoms with Crippen LogP contribution in [0.3, 0.4) is 0 Å². The molecule has 0 radical (unpaired) electrons. The van der Waals surface area contributed by atoms with Gasteiger partial charge in [0.2, 0.25) is 0 Å². The van der Waals surface area contributed by atoms with Crippen LogP contribution in [0.1, 0.15) is 181 Å². The van der Waals surface area contributed by atoms with E-state index < -0.39 is 83.5 Å². The Morgan fingerprint density at radius 2 is 1.08 bits per heavy atom. The van der Waals surface area contributed by atoms with Gasteiger partial charge in [-0.25, -0.2) is 9.13 Å². The van der Waals surface area contributed by atoms with Crippen LogP contribution in [0.2, 0.25) is 0 Å². The van der Waals surface area contributed by atoms with Gasteiger partial charge in [-0.2, -0.15) is 0 Å². The molecule has 19 heteroatoms. The Morgan fingerprint density at radius 3 is 1.65 bits per heavy atom. The molecule has 0 aromatic heterocycles. The second-order valence-electron chi connectivity index (χ2n) is 16.9. The van der Waals surface area contributed by atoms with Gasteiger partial charge in [0.15, 0.2) is 6.10 Å². The SMILES string of the molecule is CCCCC/C=C\CC1OC1CCCCCCCC(=O)O[C@H](COC(=O)CCCCCCCCCCCCCCC)COP(=O)(O)O[C@H]1C(O)C(O)C(O)[C@@H](OP(=O)(O)O)C1O. The Hall–Kier alpha value is -1.30. The van der Waals surface area contributed by atoms with Crippen molar-refractivity contribution in [2.45, 2.75) is 236 Å². The number of phosphoric ester groups is 2. The van der Waals surface area contributed by atoms with Crippen molar-refractivity contribution in [1.29, 1.82) is 0 Å². The first kappa shape index (κ1) is 56.8. The van der Waals surface area contributed by atoms with Crippen molar-refractivity contribution in [3.8, 4) is 0 Å². The van der Waals surface area contributed by atoms with Gasteiger partial charge < -0.3 is 49.3 Å². The predicted molar refractivity (Wildman–Crippen MR) is 232 cm³/mol. The zero-order valence-electron chi connectivity index (χ0n) is 37.3. The third kappa shape index (κ3) is 26.0. The molecule has 0 bridgehead atoms. The zero-order chi connectivity index (χ0) is 45.8. The van der Waals surface area contributed by atoms with Gasteiger partial charge >= 0.3 is 27.6 Å². The summed E-state index contributed by atoms with van der Waals surface area (Å²) < 4.78 is 55.1. The second-order valence-corrected chi connectivity index (χ2v) is 19.5. The Balaban J connectivity index is 1.81. The molecule has 1 heterocycles. The van der Waals surface area contributed by atoms with E-state index in [-0.39, 0.29) is 12.8 Å². The van der Waals surface area contributed by atoms with E-state index in [0.717, 1.165) is 70.6 Å². The molecule has 2 rings (SSSR count). The lowest BCUT2D eigenvalue weighted by molar-refractivity contribution is -0.216. The highest BCUT2D eigenvalue weighted by molar-refractivity contribution is 7.47. The summed E-state index contributed by atoms with van der Waals surface area (Å²) in [5, 5.41) is 41.2. The van der Waals surface area contributed by atoms with Crippen molar-refractivity contribution in [2.75, 3.05) is 13.2 Å². The highest BCUT2D eigenvalue weighted by Gasteiger charge is 2.54. The Labute approximate surface area is 369 Å². The summed E-state index contributed by atoms with van der Waals surface area (Å²) in [6.45, 7) is 3.06. The smallest absolute Gasteiger partial charge is 0.462 e. The molecule has 1 aliphatic carbocycles. The number of phosphoric acid groups is 2. The van der Waals surface area contributed by atoms with Crippen LogP contribution in [0, 0.1) is 0 Å². The molecule has 2 fully saturated rings. The van der Waals surface area contributed by atoms with E-state index in [1.807, 2.05) is 0 Å². The van der Waals surface area contributed by atoms with E-state index in [2.05, 4.69) is 30.5 Å². The van der Waals surface area contributed by atoms with Crippen LogP contribution in [0.4, 0.5) is 0 Å². The van der Waals surface area contributed by atoms with Crippen molar-refractivity contribution < 1.29 is 81.6 Å². The molecule has 1 saturated heterocycles. The number of unbranched alkanes of at least 4 members (excludes halogenated alkanes) is 19. The quantitative estimate of drug-likeness (QED) is 0.0105. The highest BCUT2D eigenvalue weighted by atomic mass is 31.2. The maximum Gasteiger partial charge on any atom is 0.472 e. The number of carbonyl (C=O) groups excluding carboxylic acids is 2. The van der Waals surface area contributed by atoms with Crippen LogP contribution in [-0.2, 0) is 46.5 Å². The maximum atomic E-state index is 13.0. The van der Waals surface area contributed by atoms with Crippen LogP contribution in [0.15, 0.2) is 12.2 Å². The minimum atomic E-state index is -5.36. The van der Waals surface area contributed by atoms with Crippen LogP contribution >= 0.6 is 15.6 Å².